The summed E-state index contributed by atoms with van der Waals surface area (Å²) in [6, 6.07) is 3.79. The van der Waals surface area contributed by atoms with E-state index in [4.69, 9.17) is 4.74 Å². The monoisotopic (exact) mass is 432 g/mol. The summed E-state index contributed by atoms with van der Waals surface area (Å²) in [5, 5.41) is 4.47. The van der Waals surface area contributed by atoms with E-state index in [-0.39, 0.29) is 12.5 Å². The van der Waals surface area contributed by atoms with Crippen LogP contribution in [0.2, 0.25) is 0 Å². The van der Waals surface area contributed by atoms with E-state index < -0.39 is 10.0 Å². The number of morpholine rings is 1. The maximum absolute atomic E-state index is 13.5. The van der Waals surface area contributed by atoms with Gasteiger partial charge >= 0.3 is 0 Å². The van der Waals surface area contributed by atoms with Gasteiger partial charge in [-0.15, -0.1) is 0 Å². The fourth-order valence-electron chi connectivity index (χ4n) is 4.56. The van der Waals surface area contributed by atoms with Gasteiger partial charge in [-0.25, -0.2) is 8.42 Å². The zero-order valence-electron chi connectivity index (χ0n) is 17.9. The van der Waals surface area contributed by atoms with Crippen molar-refractivity contribution in [2.75, 3.05) is 32.8 Å². The first kappa shape index (κ1) is 21.0. The Morgan fingerprint density at radius 3 is 2.33 bits per heavy atom. The molecule has 0 saturated carbocycles. The predicted molar refractivity (Wildman–Crippen MR) is 112 cm³/mol. The van der Waals surface area contributed by atoms with Crippen LogP contribution in [0, 0.1) is 20.8 Å². The highest BCUT2D eigenvalue weighted by Gasteiger charge is 2.36. The number of benzene rings is 1. The van der Waals surface area contributed by atoms with Crippen molar-refractivity contribution in [2.24, 2.45) is 7.05 Å². The standard InChI is InChI=1S/C21H28N4O4S/c1-14-11-15(2)20(16(3)12-14)30(27,28)25-6-5-18-17(13-25)19(22-23(18)4)21(26)24-7-9-29-10-8-24/h11-12H,5-10,13H2,1-4H3. The van der Waals surface area contributed by atoms with E-state index >= 15 is 0 Å². The number of amides is 1. The molecule has 0 spiro atoms. The molecule has 1 aromatic carbocycles. The van der Waals surface area contributed by atoms with Crippen LogP contribution < -0.4 is 0 Å². The van der Waals surface area contributed by atoms with Gasteiger partial charge in [-0.05, 0) is 31.9 Å². The molecular formula is C21H28N4O4S. The van der Waals surface area contributed by atoms with Gasteiger partial charge in [0.1, 0.15) is 0 Å². The van der Waals surface area contributed by atoms with Gasteiger partial charge < -0.3 is 9.64 Å². The molecule has 0 bridgehead atoms. The molecule has 0 aliphatic carbocycles. The number of aryl methyl sites for hydroxylation is 4. The summed E-state index contributed by atoms with van der Waals surface area (Å²) in [4.78, 5) is 15.2. The van der Waals surface area contributed by atoms with Crippen LogP contribution in [0.25, 0.3) is 0 Å². The molecule has 1 aromatic heterocycles. The van der Waals surface area contributed by atoms with E-state index in [0.29, 0.717) is 55.4 Å². The van der Waals surface area contributed by atoms with E-state index in [1.807, 2.05) is 40.0 Å². The van der Waals surface area contributed by atoms with Gasteiger partial charge in [0.05, 0.1) is 18.1 Å². The maximum Gasteiger partial charge on any atom is 0.274 e. The number of aromatic nitrogens is 2. The van der Waals surface area contributed by atoms with E-state index in [2.05, 4.69) is 5.10 Å². The van der Waals surface area contributed by atoms with Crippen LogP contribution in [-0.2, 0) is 34.8 Å². The quantitative estimate of drug-likeness (QED) is 0.735. The third-order valence-electron chi connectivity index (χ3n) is 5.91. The van der Waals surface area contributed by atoms with Gasteiger partial charge in [-0.2, -0.15) is 9.40 Å². The van der Waals surface area contributed by atoms with Crippen molar-refractivity contribution in [3.05, 3.63) is 45.8 Å². The lowest BCUT2D eigenvalue weighted by atomic mass is 10.1. The summed E-state index contributed by atoms with van der Waals surface area (Å²) in [6.07, 6.45) is 0.526. The van der Waals surface area contributed by atoms with E-state index in [1.165, 1.54) is 4.31 Å². The van der Waals surface area contributed by atoms with Gasteiger partial charge in [0, 0.05) is 50.9 Å². The van der Waals surface area contributed by atoms with Crippen molar-refractivity contribution in [2.45, 2.75) is 38.6 Å². The number of carbonyl (C=O) groups is 1. The Bertz CT molecular complexity index is 1080. The van der Waals surface area contributed by atoms with Crippen LogP contribution in [0.4, 0.5) is 0 Å². The van der Waals surface area contributed by atoms with Gasteiger partial charge in [-0.1, -0.05) is 17.7 Å². The molecule has 0 radical (unpaired) electrons. The van der Waals surface area contributed by atoms with Crippen LogP contribution in [0.5, 0.6) is 0 Å². The van der Waals surface area contributed by atoms with Crippen LogP contribution in [0.3, 0.4) is 0 Å². The third kappa shape index (κ3) is 3.55. The highest BCUT2D eigenvalue weighted by molar-refractivity contribution is 7.89. The molecular weight excluding hydrogens is 404 g/mol. The molecule has 0 unspecified atom stereocenters. The lowest BCUT2D eigenvalue weighted by molar-refractivity contribution is 0.0297. The number of hydrogen-bond acceptors (Lipinski definition) is 5. The fourth-order valence-corrected chi connectivity index (χ4v) is 6.38. The van der Waals surface area contributed by atoms with Crippen LogP contribution >= 0.6 is 0 Å². The molecule has 2 aromatic rings. The van der Waals surface area contributed by atoms with E-state index in [1.54, 1.807) is 9.58 Å². The summed E-state index contributed by atoms with van der Waals surface area (Å²) in [7, 11) is -1.88. The average molecular weight is 433 g/mol. The Labute approximate surface area is 177 Å². The third-order valence-corrected chi connectivity index (χ3v) is 8.06. The Morgan fingerprint density at radius 2 is 1.70 bits per heavy atom. The Morgan fingerprint density at radius 1 is 1.07 bits per heavy atom. The van der Waals surface area contributed by atoms with Crippen molar-refractivity contribution in [1.29, 1.82) is 0 Å². The Balaban J connectivity index is 1.69. The minimum Gasteiger partial charge on any atom is -0.378 e. The lowest BCUT2D eigenvalue weighted by Gasteiger charge is -2.29. The predicted octanol–water partition coefficient (Wildman–Crippen LogP) is 1.56. The summed E-state index contributed by atoms with van der Waals surface area (Å²) in [5.74, 6) is -0.155. The molecule has 0 atom stereocenters. The second-order valence-electron chi connectivity index (χ2n) is 8.12. The normalized spacial score (nSPS) is 17.8. The van der Waals surface area contributed by atoms with Crippen molar-refractivity contribution >= 4 is 15.9 Å². The number of nitrogens with zero attached hydrogens (tertiary/aromatic N) is 4. The van der Waals surface area contributed by atoms with Crippen molar-refractivity contribution in [1.82, 2.24) is 19.0 Å². The number of sulfonamides is 1. The maximum atomic E-state index is 13.5. The molecule has 8 nitrogen and oxygen atoms in total. The van der Waals surface area contributed by atoms with Gasteiger partial charge in [0.25, 0.3) is 5.91 Å². The SMILES string of the molecule is Cc1cc(C)c(S(=O)(=O)N2CCc3c(c(C(=O)N4CCOCC4)nn3C)C2)c(C)c1. The highest BCUT2D eigenvalue weighted by atomic mass is 32.2. The minimum atomic E-state index is -3.69. The van der Waals surface area contributed by atoms with Gasteiger partial charge in [-0.3, -0.25) is 9.48 Å². The fraction of sp³-hybridized carbons (Fsp3) is 0.524. The Hall–Kier alpha value is -2.23. The molecule has 0 N–H and O–H groups in total. The molecule has 1 amide bonds. The largest absolute Gasteiger partial charge is 0.378 e. The molecule has 30 heavy (non-hydrogen) atoms. The first-order valence-electron chi connectivity index (χ1n) is 10.2. The molecule has 4 rings (SSSR count). The van der Waals surface area contributed by atoms with E-state index in [9.17, 15) is 13.2 Å². The number of ether oxygens (including phenoxy) is 1. The zero-order chi connectivity index (χ0) is 21.6. The second-order valence-corrected chi connectivity index (χ2v) is 9.99. The molecule has 162 valence electrons. The molecule has 9 heteroatoms. The first-order valence-corrected chi connectivity index (χ1v) is 11.6. The van der Waals surface area contributed by atoms with Crippen molar-refractivity contribution < 1.29 is 17.9 Å². The molecule has 2 aliphatic rings. The molecule has 2 aliphatic heterocycles. The Kier molecular flexibility index (Phi) is 5.46. The topological polar surface area (TPSA) is 84.7 Å². The minimum absolute atomic E-state index is 0.155. The van der Waals surface area contributed by atoms with Crippen molar-refractivity contribution in [3.8, 4) is 0 Å². The highest BCUT2D eigenvalue weighted by Crippen LogP contribution is 2.31. The first-order chi connectivity index (χ1) is 14.2. The summed E-state index contributed by atoms with van der Waals surface area (Å²) in [6.45, 7) is 8.21. The number of fused-ring (bicyclic) bond motifs is 1. The zero-order valence-corrected chi connectivity index (χ0v) is 18.8. The summed E-state index contributed by atoms with van der Waals surface area (Å²) < 4.78 is 35.6. The number of rotatable bonds is 3. The molecule has 1 fully saturated rings. The molecule has 1 saturated heterocycles. The van der Waals surface area contributed by atoms with Crippen LogP contribution in [-0.4, -0.2) is 66.2 Å². The lowest BCUT2D eigenvalue weighted by Crippen LogP contribution is -2.42. The molecule has 3 heterocycles. The second kappa shape index (κ2) is 7.79. The van der Waals surface area contributed by atoms with E-state index in [0.717, 1.165) is 22.4 Å². The summed E-state index contributed by atoms with van der Waals surface area (Å²) >= 11 is 0. The van der Waals surface area contributed by atoms with Crippen molar-refractivity contribution in [3.63, 3.8) is 0 Å². The summed E-state index contributed by atoms with van der Waals surface area (Å²) in [5.41, 5.74) is 4.52. The number of hydrogen-bond donors (Lipinski definition) is 0. The van der Waals surface area contributed by atoms with Gasteiger partial charge in [0.2, 0.25) is 10.0 Å². The smallest absolute Gasteiger partial charge is 0.274 e. The van der Waals surface area contributed by atoms with Crippen LogP contribution in [0.1, 0.15) is 38.4 Å². The van der Waals surface area contributed by atoms with Gasteiger partial charge in [0.15, 0.2) is 5.69 Å². The van der Waals surface area contributed by atoms with Crippen LogP contribution in [0.15, 0.2) is 17.0 Å². The number of carbonyl (C=O) groups excluding carboxylic acids is 1. The average Bonchev–Trinajstić information content (AvgIpc) is 3.03.